The van der Waals surface area contributed by atoms with Gasteiger partial charge in [0, 0.05) is 5.75 Å². The van der Waals surface area contributed by atoms with Crippen molar-refractivity contribution in [2.45, 2.75) is 18.4 Å². The fourth-order valence-corrected chi connectivity index (χ4v) is 3.60. The molecule has 112 valence electrons. The zero-order valence-corrected chi connectivity index (χ0v) is 12.9. The van der Waals surface area contributed by atoms with E-state index in [1.165, 1.54) is 11.8 Å². The Bertz CT molecular complexity index is 618. The van der Waals surface area contributed by atoms with Gasteiger partial charge in [0.15, 0.2) is 0 Å². The molecule has 0 aliphatic carbocycles. The summed E-state index contributed by atoms with van der Waals surface area (Å²) in [5.74, 6) is 0.282. The van der Waals surface area contributed by atoms with E-state index in [9.17, 15) is 9.59 Å². The first-order valence-electron chi connectivity index (χ1n) is 7.32. The molecule has 22 heavy (non-hydrogen) atoms. The van der Waals surface area contributed by atoms with Crippen molar-refractivity contribution in [1.82, 2.24) is 5.32 Å². The molecule has 1 aliphatic heterocycles. The van der Waals surface area contributed by atoms with E-state index in [1.807, 2.05) is 60.7 Å². The largest absolute Gasteiger partial charge is 0.345 e. The number of hydrogen-bond acceptors (Lipinski definition) is 3. The van der Waals surface area contributed by atoms with E-state index in [0.29, 0.717) is 6.42 Å². The van der Waals surface area contributed by atoms with E-state index in [4.69, 9.17) is 0 Å². The van der Waals surface area contributed by atoms with Crippen molar-refractivity contribution in [2.75, 3.05) is 5.75 Å². The lowest BCUT2D eigenvalue weighted by Crippen LogP contribution is -2.40. The Morgan fingerprint density at radius 2 is 1.55 bits per heavy atom. The molecule has 1 N–H and O–H groups in total. The average molecular weight is 311 g/mol. The topological polar surface area (TPSA) is 46.2 Å². The van der Waals surface area contributed by atoms with Gasteiger partial charge in [-0.05, 0) is 17.5 Å². The SMILES string of the molecule is O=C(N[C@@H]1CCSC1=O)C(c1ccccc1)c1ccccc1. The van der Waals surface area contributed by atoms with Gasteiger partial charge >= 0.3 is 0 Å². The van der Waals surface area contributed by atoms with Gasteiger partial charge in [0.05, 0.1) is 12.0 Å². The summed E-state index contributed by atoms with van der Waals surface area (Å²) in [6, 6.07) is 19.0. The van der Waals surface area contributed by atoms with Gasteiger partial charge in [0.1, 0.15) is 0 Å². The van der Waals surface area contributed by atoms with Crippen LogP contribution in [0.2, 0.25) is 0 Å². The summed E-state index contributed by atoms with van der Waals surface area (Å²) in [7, 11) is 0. The van der Waals surface area contributed by atoms with Gasteiger partial charge in [-0.1, -0.05) is 72.4 Å². The van der Waals surface area contributed by atoms with Gasteiger partial charge in [0.2, 0.25) is 11.0 Å². The number of thioether (sulfide) groups is 1. The molecule has 0 spiro atoms. The van der Waals surface area contributed by atoms with Crippen LogP contribution >= 0.6 is 11.8 Å². The van der Waals surface area contributed by atoms with Gasteiger partial charge in [-0.2, -0.15) is 0 Å². The van der Waals surface area contributed by atoms with Crippen LogP contribution in [0, 0.1) is 0 Å². The highest BCUT2D eigenvalue weighted by Gasteiger charge is 2.30. The number of nitrogens with one attached hydrogen (secondary N) is 1. The van der Waals surface area contributed by atoms with Gasteiger partial charge in [-0.25, -0.2) is 0 Å². The van der Waals surface area contributed by atoms with Gasteiger partial charge in [-0.15, -0.1) is 0 Å². The Hall–Kier alpha value is -2.07. The maximum absolute atomic E-state index is 12.8. The monoisotopic (exact) mass is 311 g/mol. The molecule has 1 aliphatic rings. The summed E-state index contributed by atoms with van der Waals surface area (Å²) in [5, 5.41) is 2.98. The third-order valence-corrected chi connectivity index (χ3v) is 4.79. The van der Waals surface area contributed by atoms with Crippen molar-refractivity contribution >= 4 is 22.8 Å². The third-order valence-electron chi connectivity index (χ3n) is 3.78. The fourth-order valence-electron chi connectivity index (χ4n) is 2.67. The molecule has 1 heterocycles. The Balaban J connectivity index is 1.88. The molecule has 1 saturated heterocycles. The molecular formula is C18H17NO2S. The molecule has 0 bridgehead atoms. The second-order valence-electron chi connectivity index (χ2n) is 5.27. The van der Waals surface area contributed by atoms with Gasteiger partial charge in [0.25, 0.3) is 0 Å². The highest BCUT2D eigenvalue weighted by Crippen LogP contribution is 2.26. The average Bonchev–Trinajstić information content (AvgIpc) is 2.95. The summed E-state index contributed by atoms with van der Waals surface area (Å²) in [6.45, 7) is 0. The number of rotatable bonds is 4. The Labute approximate surface area is 134 Å². The van der Waals surface area contributed by atoms with Crippen molar-refractivity contribution in [3.63, 3.8) is 0 Å². The van der Waals surface area contributed by atoms with E-state index in [1.54, 1.807) is 0 Å². The maximum Gasteiger partial charge on any atom is 0.232 e. The predicted octanol–water partition coefficient (Wildman–Crippen LogP) is 2.97. The molecule has 2 aromatic rings. The van der Waals surface area contributed by atoms with Gasteiger partial charge < -0.3 is 5.32 Å². The Kier molecular flexibility index (Phi) is 4.59. The minimum absolute atomic E-state index is 0.0632. The molecule has 1 atom stereocenters. The van der Waals surface area contributed by atoms with Crippen LogP contribution in [0.4, 0.5) is 0 Å². The lowest BCUT2D eigenvalue weighted by molar-refractivity contribution is -0.125. The van der Waals surface area contributed by atoms with Crippen molar-refractivity contribution in [1.29, 1.82) is 0 Å². The van der Waals surface area contributed by atoms with Crippen molar-refractivity contribution in [3.05, 3.63) is 71.8 Å². The molecule has 2 aromatic carbocycles. The number of hydrogen-bond donors (Lipinski definition) is 1. The molecule has 1 amide bonds. The first kappa shape index (κ1) is 14.9. The second-order valence-corrected chi connectivity index (χ2v) is 6.37. The van der Waals surface area contributed by atoms with Crippen molar-refractivity contribution in [2.24, 2.45) is 0 Å². The van der Waals surface area contributed by atoms with Crippen LogP contribution < -0.4 is 5.32 Å². The molecule has 0 saturated carbocycles. The zero-order chi connectivity index (χ0) is 15.4. The molecular weight excluding hydrogens is 294 g/mol. The maximum atomic E-state index is 12.8. The summed E-state index contributed by atoms with van der Waals surface area (Å²) < 4.78 is 0. The zero-order valence-electron chi connectivity index (χ0n) is 12.1. The lowest BCUT2D eigenvalue weighted by Gasteiger charge is -2.20. The van der Waals surface area contributed by atoms with Crippen molar-refractivity contribution in [3.8, 4) is 0 Å². The van der Waals surface area contributed by atoms with Crippen LogP contribution in [0.3, 0.4) is 0 Å². The van der Waals surface area contributed by atoms with E-state index in [0.717, 1.165) is 16.9 Å². The summed E-state index contributed by atoms with van der Waals surface area (Å²) in [5.41, 5.74) is 1.87. The highest BCUT2D eigenvalue weighted by atomic mass is 32.2. The van der Waals surface area contributed by atoms with Crippen LogP contribution in [0.25, 0.3) is 0 Å². The normalized spacial score (nSPS) is 17.7. The minimum Gasteiger partial charge on any atom is -0.345 e. The van der Waals surface area contributed by atoms with Crippen LogP contribution in [0.15, 0.2) is 60.7 Å². The second kappa shape index (κ2) is 6.79. The number of benzene rings is 2. The van der Waals surface area contributed by atoms with Crippen LogP contribution in [0.1, 0.15) is 23.5 Å². The summed E-state index contributed by atoms with van der Waals surface area (Å²) >= 11 is 1.30. The van der Waals surface area contributed by atoms with E-state index >= 15 is 0 Å². The molecule has 0 aromatic heterocycles. The molecule has 4 heteroatoms. The molecule has 3 nitrogen and oxygen atoms in total. The number of carbonyl (C=O) groups is 2. The number of amides is 1. The summed E-state index contributed by atoms with van der Waals surface area (Å²) in [4.78, 5) is 24.5. The third kappa shape index (κ3) is 3.22. The van der Waals surface area contributed by atoms with Crippen LogP contribution in [-0.4, -0.2) is 22.8 Å². The van der Waals surface area contributed by atoms with E-state index < -0.39 is 0 Å². The van der Waals surface area contributed by atoms with Gasteiger partial charge in [-0.3, -0.25) is 9.59 Å². The van der Waals surface area contributed by atoms with E-state index in [2.05, 4.69) is 5.32 Å². The van der Waals surface area contributed by atoms with E-state index in [-0.39, 0.29) is 23.0 Å². The molecule has 3 rings (SSSR count). The Morgan fingerprint density at radius 3 is 2.00 bits per heavy atom. The lowest BCUT2D eigenvalue weighted by atomic mass is 9.90. The molecule has 0 unspecified atom stereocenters. The van der Waals surface area contributed by atoms with Crippen LogP contribution in [0.5, 0.6) is 0 Å². The highest BCUT2D eigenvalue weighted by molar-refractivity contribution is 8.14. The fraction of sp³-hybridized carbons (Fsp3) is 0.222. The predicted molar refractivity (Wildman–Crippen MR) is 88.7 cm³/mol. The Morgan fingerprint density at radius 1 is 1.00 bits per heavy atom. The van der Waals surface area contributed by atoms with Crippen LogP contribution in [-0.2, 0) is 9.59 Å². The minimum atomic E-state index is -0.388. The molecule has 0 radical (unpaired) electrons. The smallest absolute Gasteiger partial charge is 0.232 e. The summed E-state index contributed by atoms with van der Waals surface area (Å²) in [6.07, 6.45) is 0.714. The molecule has 1 fully saturated rings. The first-order valence-corrected chi connectivity index (χ1v) is 8.31. The van der Waals surface area contributed by atoms with Crippen molar-refractivity contribution < 1.29 is 9.59 Å². The number of carbonyl (C=O) groups excluding carboxylic acids is 2. The quantitative estimate of drug-likeness (QED) is 0.944. The standard InChI is InChI=1S/C18H17NO2S/c20-17(19-15-11-12-22-18(15)21)16(13-7-3-1-4-8-13)14-9-5-2-6-10-14/h1-10,15-16H,11-12H2,(H,19,20)/t15-/m1/s1. The first-order chi connectivity index (χ1) is 10.8.